The lowest BCUT2D eigenvalue weighted by atomic mass is 9.79. The van der Waals surface area contributed by atoms with Crippen LogP contribution in [0.25, 0.3) is 17.0 Å². The number of carbonyl (C=O) groups is 1. The first kappa shape index (κ1) is 24.3. The van der Waals surface area contributed by atoms with Crippen molar-refractivity contribution in [2.75, 3.05) is 31.1 Å². The number of aryl methyl sites for hydroxylation is 2. The molecule has 8 rings (SSSR count). The molecule has 0 amide bonds. The van der Waals surface area contributed by atoms with E-state index in [0.29, 0.717) is 12.3 Å². The number of hydrogen-bond donors (Lipinski definition) is 0. The summed E-state index contributed by atoms with van der Waals surface area (Å²) in [4.78, 5) is 17.1. The summed E-state index contributed by atoms with van der Waals surface area (Å²) in [5.41, 5.74) is 10.6. The third kappa shape index (κ3) is 4.08. The average Bonchev–Trinajstić information content (AvgIpc) is 3.59. The van der Waals surface area contributed by atoms with Gasteiger partial charge in [-0.05, 0) is 117 Å². The molecule has 0 bridgehead atoms. The third-order valence-corrected chi connectivity index (χ3v) is 9.76. The Hall–Kier alpha value is -3.47. The molecule has 5 nitrogen and oxygen atoms in total. The van der Waals surface area contributed by atoms with Gasteiger partial charge in [-0.25, -0.2) is 0 Å². The van der Waals surface area contributed by atoms with Gasteiger partial charge in [-0.1, -0.05) is 12.2 Å². The number of carbonyl (C=O) groups excluding carboxylic acids is 1. The van der Waals surface area contributed by atoms with E-state index in [9.17, 15) is 4.79 Å². The van der Waals surface area contributed by atoms with Crippen LogP contribution in [0.1, 0.15) is 68.3 Å². The molecule has 2 aromatic rings. The molecular formula is C35H38N2O3. The molecule has 0 radical (unpaired) electrons. The minimum atomic E-state index is 0.167. The summed E-state index contributed by atoms with van der Waals surface area (Å²) in [5, 5.41) is 1.17. The maximum atomic E-state index is 12.0. The number of hydrogen-bond acceptors (Lipinski definition) is 5. The van der Waals surface area contributed by atoms with Crippen LogP contribution >= 0.6 is 0 Å². The number of piperidine rings is 1. The number of aldehydes is 1. The van der Waals surface area contributed by atoms with E-state index in [1.54, 1.807) is 5.57 Å². The fourth-order valence-electron chi connectivity index (χ4n) is 8.11. The highest BCUT2D eigenvalue weighted by Gasteiger charge is 2.40. The van der Waals surface area contributed by atoms with E-state index in [1.807, 2.05) is 6.08 Å². The summed E-state index contributed by atoms with van der Waals surface area (Å²) in [6, 6.07) is 4.43. The van der Waals surface area contributed by atoms with Crippen LogP contribution < -0.4 is 4.90 Å². The Bertz CT molecular complexity index is 1530. The topological polar surface area (TPSA) is 45.9 Å². The number of anilines is 1. The van der Waals surface area contributed by atoms with Gasteiger partial charge < -0.3 is 19.0 Å². The maximum absolute atomic E-state index is 12.0. The van der Waals surface area contributed by atoms with Gasteiger partial charge in [-0.15, -0.1) is 0 Å². The molecule has 1 aliphatic carbocycles. The number of fused-ring (bicyclic) bond motifs is 4. The Balaban J connectivity index is 0.961. The molecule has 6 aliphatic rings. The summed E-state index contributed by atoms with van der Waals surface area (Å²) in [7, 11) is 0. The van der Waals surface area contributed by atoms with Crippen molar-refractivity contribution in [2.45, 2.75) is 70.3 Å². The van der Waals surface area contributed by atoms with Crippen LogP contribution in [0.2, 0.25) is 0 Å². The van der Waals surface area contributed by atoms with Crippen molar-refractivity contribution in [3.05, 3.63) is 81.5 Å². The van der Waals surface area contributed by atoms with E-state index in [1.165, 1.54) is 78.7 Å². The Morgan fingerprint density at radius 3 is 2.67 bits per heavy atom. The van der Waals surface area contributed by atoms with Crippen molar-refractivity contribution in [3.63, 3.8) is 0 Å². The standard InChI is InChI=1S/C35H38N2O3/c38-22-23(17-29-21-27-19-25-9-4-14-37-16-6-12-31(33(25)37)35(27)40-29)7-1-2-10-28-20-26-18-24-8-3-13-36-15-5-11-30(32(24)36)34(26)39-28/h2,10,17-22,26,34H,1,3-9,11-16H2/b10-2+,23-17?. The van der Waals surface area contributed by atoms with E-state index < -0.39 is 0 Å². The van der Waals surface area contributed by atoms with E-state index in [0.717, 1.165) is 67.7 Å². The number of nitrogens with zero attached hydrogens (tertiary/aromatic N) is 2. The first-order valence-electron chi connectivity index (χ1n) is 15.5. The lowest BCUT2D eigenvalue weighted by Crippen LogP contribution is -2.39. The smallest absolute Gasteiger partial charge is 0.146 e. The molecule has 206 valence electrons. The van der Waals surface area contributed by atoms with Gasteiger partial charge in [0.25, 0.3) is 0 Å². The predicted molar refractivity (Wildman–Crippen MR) is 159 cm³/mol. The molecule has 2 atom stereocenters. The summed E-state index contributed by atoms with van der Waals surface area (Å²) in [5.74, 6) is 2.11. The largest absolute Gasteiger partial charge is 0.485 e. The minimum absolute atomic E-state index is 0.167. The maximum Gasteiger partial charge on any atom is 0.146 e. The fraction of sp³-hybridized carbons (Fsp3) is 0.457. The van der Waals surface area contributed by atoms with Crippen molar-refractivity contribution in [1.82, 2.24) is 4.90 Å². The van der Waals surface area contributed by atoms with E-state index in [2.05, 4.69) is 46.2 Å². The fourth-order valence-corrected chi connectivity index (χ4v) is 8.11. The highest BCUT2D eigenvalue weighted by Crippen LogP contribution is 2.46. The molecule has 1 saturated heterocycles. The molecule has 40 heavy (non-hydrogen) atoms. The summed E-state index contributed by atoms with van der Waals surface area (Å²) in [6.07, 6.45) is 23.1. The van der Waals surface area contributed by atoms with E-state index >= 15 is 0 Å². The SMILES string of the molecule is O=CC(=Cc1cc2cc3c4c(c2o1)CCCN4CCC3)CC/C=C/C1=CC2C=C3CCCN4CCCC(=C34)C2O1. The molecular weight excluding hydrogens is 496 g/mol. The third-order valence-electron chi connectivity index (χ3n) is 9.76. The summed E-state index contributed by atoms with van der Waals surface area (Å²) >= 11 is 0. The second-order valence-electron chi connectivity index (χ2n) is 12.3. The molecule has 2 unspecified atom stereocenters. The van der Waals surface area contributed by atoms with Crippen LogP contribution in [-0.4, -0.2) is 43.5 Å². The Morgan fingerprint density at radius 1 is 0.950 bits per heavy atom. The van der Waals surface area contributed by atoms with Gasteiger partial charge >= 0.3 is 0 Å². The Labute approximate surface area is 236 Å². The number of ether oxygens (including phenoxy) is 1. The number of furan rings is 1. The van der Waals surface area contributed by atoms with Gasteiger partial charge in [0.1, 0.15) is 29.5 Å². The van der Waals surface area contributed by atoms with Crippen molar-refractivity contribution < 1.29 is 13.9 Å². The molecule has 5 aliphatic heterocycles. The first-order valence-corrected chi connectivity index (χ1v) is 15.5. The van der Waals surface area contributed by atoms with Gasteiger partial charge in [0.2, 0.25) is 0 Å². The van der Waals surface area contributed by atoms with Gasteiger partial charge in [-0.3, -0.25) is 4.79 Å². The molecule has 6 heterocycles. The Morgan fingerprint density at radius 2 is 1.77 bits per heavy atom. The monoisotopic (exact) mass is 534 g/mol. The normalized spacial score (nSPS) is 25.4. The minimum Gasteiger partial charge on any atom is -0.485 e. The zero-order valence-corrected chi connectivity index (χ0v) is 23.3. The molecule has 5 heteroatoms. The van der Waals surface area contributed by atoms with Crippen molar-refractivity contribution in [2.24, 2.45) is 5.92 Å². The molecule has 0 saturated carbocycles. The van der Waals surface area contributed by atoms with Gasteiger partial charge in [0, 0.05) is 54.4 Å². The first-order chi connectivity index (χ1) is 19.7. The lowest BCUT2D eigenvalue weighted by Gasteiger charge is -2.43. The predicted octanol–water partition coefficient (Wildman–Crippen LogP) is 7.03. The second-order valence-corrected chi connectivity index (χ2v) is 12.3. The van der Waals surface area contributed by atoms with Crippen LogP contribution in [0.15, 0.2) is 69.0 Å². The molecule has 1 fully saturated rings. The van der Waals surface area contributed by atoms with Crippen molar-refractivity contribution in [1.29, 1.82) is 0 Å². The number of rotatable bonds is 6. The van der Waals surface area contributed by atoms with Crippen molar-refractivity contribution in [3.8, 4) is 0 Å². The lowest BCUT2D eigenvalue weighted by molar-refractivity contribution is -0.105. The highest BCUT2D eigenvalue weighted by atomic mass is 16.5. The van der Waals surface area contributed by atoms with E-state index in [-0.39, 0.29) is 6.10 Å². The van der Waals surface area contributed by atoms with Crippen molar-refractivity contribution >= 4 is 29.0 Å². The van der Waals surface area contributed by atoms with Crippen LogP contribution in [0.4, 0.5) is 5.69 Å². The second kappa shape index (κ2) is 9.87. The highest BCUT2D eigenvalue weighted by molar-refractivity contribution is 5.91. The van der Waals surface area contributed by atoms with E-state index in [4.69, 9.17) is 9.15 Å². The Kier molecular flexibility index (Phi) is 6.00. The van der Waals surface area contributed by atoms with Gasteiger partial charge in [0.05, 0.1) is 0 Å². The average molecular weight is 535 g/mol. The van der Waals surface area contributed by atoms with Crippen LogP contribution in [-0.2, 0) is 22.4 Å². The quantitative estimate of drug-likeness (QED) is 0.294. The zero-order chi connectivity index (χ0) is 26.6. The zero-order valence-electron chi connectivity index (χ0n) is 23.3. The summed E-state index contributed by atoms with van der Waals surface area (Å²) < 4.78 is 12.8. The number of benzene rings is 1. The molecule has 1 aromatic heterocycles. The van der Waals surface area contributed by atoms with Gasteiger partial charge in [0.15, 0.2) is 0 Å². The summed E-state index contributed by atoms with van der Waals surface area (Å²) in [6.45, 7) is 4.69. The van der Waals surface area contributed by atoms with Crippen LogP contribution in [0, 0.1) is 5.92 Å². The molecule has 0 N–H and O–H groups in total. The molecule has 1 aromatic carbocycles. The van der Waals surface area contributed by atoms with Crippen LogP contribution in [0.5, 0.6) is 0 Å². The number of allylic oxidation sites excluding steroid dienone is 4. The van der Waals surface area contributed by atoms with Gasteiger partial charge in [-0.2, -0.15) is 0 Å². The molecule has 0 spiro atoms. The van der Waals surface area contributed by atoms with Crippen LogP contribution in [0.3, 0.4) is 0 Å².